The van der Waals surface area contributed by atoms with Gasteiger partial charge in [-0.05, 0) is 12.1 Å². The van der Waals surface area contributed by atoms with E-state index in [1.165, 1.54) is 6.92 Å². The van der Waals surface area contributed by atoms with Gasteiger partial charge in [0.15, 0.2) is 0 Å². The summed E-state index contributed by atoms with van der Waals surface area (Å²) in [5.74, 6) is 0.487. The van der Waals surface area contributed by atoms with Crippen LogP contribution in [0.25, 0.3) is 10.9 Å². The number of carbonyl (C=O) groups is 1. The molecule has 0 aliphatic carbocycles. The molecule has 0 saturated carbocycles. The lowest BCUT2D eigenvalue weighted by Gasteiger charge is -2.22. The Hall–Kier alpha value is -3.08. The molecular weight excluding hydrogens is 304 g/mol. The van der Waals surface area contributed by atoms with Crippen LogP contribution in [0.15, 0.2) is 54.7 Å². The van der Waals surface area contributed by atoms with Crippen LogP contribution < -0.4 is 10.1 Å². The fourth-order valence-electron chi connectivity index (χ4n) is 2.81. The molecule has 1 heterocycles. The molecule has 0 bridgehead atoms. The number of pyridine rings is 1. The van der Waals surface area contributed by atoms with Gasteiger partial charge in [0.1, 0.15) is 17.0 Å². The van der Waals surface area contributed by atoms with Gasteiger partial charge in [-0.25, -0.2) is 0 Å². The van der Waals surface area contributed by atoms with E-state index in [4.69, 9.17) is 4.74 Å². The average molecular weight is 322 g/mol. The Kier molecular flexibility index (Phi) is 4.33. The number of amides is 1. The Balaban J connectivity index is 2.20. The lowest BCUT2D eigenvalue weighted by molar-refractivity contribution is -0.119. The average Bonchev–Trinajstić information content (AvgIpc) is 2.60. The van der Waals surface area contributed by atoms with Crippen molar-refractivity contribution in [1.82, 2.24) is 10.3 Å². The van der Waals surface area contributed by atoms with Crippen LogP contribution in [0.3, 0.4) is 0 Å². The van der Waals surface area contributed by atoms with Crippen molar-refractivity contribution < 1.29 is 14.6 Å². The highest BCUT2D eigenvalue weighted by Crippen LogP contribution is 2.37. The Labute approximate surface area is 139 Å². The number of para-hydroxylation sites is 1. The van der Waals surface area contributed by atoms with Crippen molar-refractivity contribution in [2.75, 3.05) is 7.11 Å². The number of nitrogens with one attached hydrogen (secondary N) is 1. The molecule has 0 spiro atoms. The van der Waals surface area contributed by atoms with Gasteiger partial charge in [0.05, 0.1) is 13.2 Å². The van der Waals surface area contributed by atoms with E-state index < -0.39 is 6.04 Å². The third kappa shape index (κ3) is 2.88. The van der Waals surface area contributed by atoms with Crippen LogP contribution in [0.2, 0.25) is 0 Å². The van der Waals surface area contributed by atoms with Crippen LogP contribution in [0.4, 0.5) is 0 Å². The lowest BCUT2D eigenvalue weighted by Crippen LogP contribution is -2.27. The number of aromatic hydroxyl groups is 1. The molecule has 5 heteroatoms. The van der Waals surface area contributed by atoms with Crippen LogP contribution in [0, 0.1) is 0 Å². The van der Waals surface area contributed by atoms with E-state index in [0.717, 1.165) is 10.9 Å². The Morgan fingerprint density at radius 2 is 1.92 bits per heavy atom. The molecule has 122 valence electrons. The maximum Gasteiger partial charge on any atom is 0.217 e. The zero-order valence-corrected chi connectivity index (χ0v) is 13.5. The summed E-state index contributed by atoms with van der Waals surface area (Å²) < 4.78 is 5.41. The molecule has 0 saturated heterocycles. The number of phenols is 1. The van der Waals surface area contributed by atoms with E-state index in [-0.39, 0.29) is 11.7 Å². The molecule has 0 unspecified atom stereocenters. The van der Waals surface area contributed by atoms with E-state index in [1.54, 1.807) is 19.4 Å². The highest BCUT2D eigenvalue weighted by molar-refractivity contribution is 5.86. The molecule has 1 aromatic heterocycles. The van der Waals surface area contributed by atoms with E-state index in [1.807, 2.05) is 42.5 Å². The van der Waals surface area contributed by atoms with Gasteiger partial charge in [0.2, 0.25) is 5.91 Å². The lowest BCUT2D eigenvalue weighted by atomic mass is 9.95. The highest BCUT2D eigenvalue weighted by atomic mass is 16.5. The number of carbonyl (C=O) groups excluding carboxylic acids is 1. The first-order valence-electron chi connectivity index (χ1n) is 7.58. The fraction of sp³-hybridized carbons (Fsp3) is 0.158. The molecule has 24 heavy (non-hydrogen) atoms. The van der Waals surface area contributed by atoms with Gasteiger partial charge in [-0.15, -0.1) is 0 Å². The second-order valence-electron chi connectivity index (χ2n) is 5.45. The number of nitrogens with zero attached hydrogens (tertiary/aromatic N) is 1. The normalized spacial score (nSPS) is 11.9. The van der Waals surface area contributed by atoms with Crippen molar-refractivity contribution in [3.05, 3.63) is 65.9 Å². The quantitative estimate of drug-likeness (QED) is 0.774. The molecule has 2 aromatic carbocycles. The Bertz CT molecular complexity index is 893. The first-order chi connectivity index (χ1) is 11.6. The van der Waals surface area contributed by atoms with Crippen molar-refractivity contribution in [3.63, 3.8) is 0 Å². The van der Waals surface area contributed by atoms with E-state index in [9.17, 15) is 9.90 Å². The highest BCUT2D eigenvalue weighted by Gasteiger charge is 2.23. The van der Waals surface area contributed by atoms with Crippen molar-refractivity contribution in [2.45, 2.75) is 13.0 Å². The summed E-state index contributed by atoms with van der Waals surface area (Å²) in [4.78, 5) is 16.0. The van der Waals surface area contributed by atoms with Crippen LogP contribution in [-0.2, 0) is 4.79 Å². The standard InChI is InChI=1S/C19H18N2O3/c1-12(22)21-18(14-7-3-4-8-16(14)24-2)15-10-9-13-6-5-11-20-17(13)19(15)23/h3-11,18,23H,1-2H3,(H,21,22)/t18-/m1/s1. The minimum absolute atomic E-state index is 0.0535. The molecule has 0 radical (unpaired) electrons. The van der Waals surface area contributed by atoms with Gasteiger partial charge >= 0.3 is 0 Å². The largest absolute Gasteiger partial charge is 0.505 e. The van der Waals surface area contributed by atoms with Gasteiger partial charge in [0, 0.05) is 29.6 Å². The van der Waals surface area contributed by atoms with Gasteiger partial charge < -0.3 is 15.2 Å². The molecule has 3 rings (SSSR count). The third-order valence-corrected chi connectivity index (χ3v) is 3.89. The zero-order chi connectivity index (χ0) is 17.1. The maximum atomic E-state index is 11.7. The van der Waals surface area contributed by atoms with E-state index >= 15 is 0 Å². The SMILES string of the molecule is COc1ccccc1[C@@H](NC(C)=O)c1ccc2cccnc2c1O. The van der Waals surface area contributed by atoms with Gasteiger partial charge in [-0.2, -0.15) is 0 Å². The predicted molar refractivity (Wildman–Crippen MR) is 92.1 cm³/mol. The van der Waals surface area contributed by atoms with Crippen molar-refractivity contribution >= 4 is 16.8 Å². The van der Waals surface area contributed by atoms with Gasteiger partial charge in [-0.1, -0.05) is 36.4 Å². The molecule has 5 nitrogen and oxygen atoms in total. The van der Waals surface area contributed by atoms with Crippen LogP contribution in [0.1, 0.15) is 24.1 Å². The molecule has 0 fully saturated rings. The molecule has 0 aliphatic heterocycles. The number of hydrogen-bond acceptors (Lipinski definition) is 4. The second-order valence-corrected chi connectivity index (χ2v) is 5.45. The summed E-state index contributed by atoms with van der Waals surface area (Å²) in [5, 5.41) is 14.4. The summed E-state index contributed by atoms with van der Waals surface area (Å²) in [6.07, 6.45) is 1.63. The third-order valence-electron chi connectivity index (χ3n) is 3.89. The predicted octanol–water partition coefficient (Wildman–Crippen LogP) is 3.17. The molecular formula is C19H18N2O3. The Morgan fingerprint density at radius 3 is 2.67 bits per heavy atom. The summed E-state index contributed by atoms with van der Waals surface area (Å²) in [5.41, 5.74) is 1.84. The number of methoxy groups -OCH3 is 1. The number of aromatic nitrogens is 1. The summed E-state index contributed by atoms with van der Waals surface area (Å²) >= 11 is 0. The number of fused-ring (bicyclic) bond motifs is 1. The zero-order valence-electron chi connectivity index (χ0n) is 13.5. The first-order valence-corrected chi connectivity index (χ1v) is 7.58. The number of hydrogen-bond donors (Lipinski definition) is 2. The molecule has 0 aliphatic rings. The van der Waals surface area contributed by atoms with Crippen molar-refractivity contribution in [3.8, 4) is 11.5 Å². The van der Waals surface area contributed by atoms with Crippen molar-refractivity contribution in [2.24, 2.45) is 0 Å². The van der Waals surface area contributed by atoms with E-state index in [0.29, 0.717) is 16.8 Å². The Morgan fingerprint density at radius 1 is 1.12 bits per heavy atom. The summed E-state index contributed by atoms with van der Waals surface area (Å²) in [6, 6.07) is 14.2. The summed E-state index contributed by atoms with van der Waals surface area (Å²) in [7, 11) is 1.57. The van der Waals surface area contributed by atoms with Gasteiger partial charge in [-0.3, -0.25) is 9.78 Å². The fourth-order valence-corrected chi connectivity index (χ4v) is 2.81. The minimum Gasteiger partial charge on any atom is -0.505 e. The minimum atomic E-state index is -0.537. The second kappa shape index (κ2) is 6.58. The van der Waals surface area contributed by atoms with Crippen LogP contribution in [0.5, 0.6) is 11.5 Å². The van der Waals surface area contributed by atoms with Crippen LogP contribution in [-0.4, -0.2) is 23.1 Å². The smallest absolute Gasteiger partial charge is 0.217 e. The van der Waals surface area contributed by atoms with Crippen molar-refractivity contribution in [1.29, 1.82) is 0 Å². The molecule has 3 aromatic rings. The maximum absolute atomic E-state index is 11.7. The van der Waals surface area contributed by atoms with E-state index in [2.05, 4.69) is 10.3 Å². The number of ether oxygens (including phenoxy) is 1. The number of benzene rings is 2. The topological polar surface area (TPSA) is 71.5 Å². The van der Waals surface area contributed by atoms with Gasteiger partial charge in [0.25, 0.3) is 0 Å². The molecule has 2 N–H and O–H groups in total. The summed E-state index contributed by atoms with van der Waals surface area (Å²) in [6.45, 7) is 1.44. The monoisotopic (exact) mass is 322 g/mol. The first kappa shape index (κ1) is 15.8. The molecule has 1 amide bonds. The molecule has 1 atom stereocenters. The number of phenolic OH excluding ortho intramolecular Hbond substituents is 1. The number of rotatable bonds is 4. The van der Waals surface area contributed by atoms with Crippen LogP contribution >= 0.6 is 0 Å².